The van der Waals surface area contributed by atoms with Crippen LogP contribution < -0.4 is 0 Å². The topological polar surface area (TPSA) is 12.9 Å². The summed E-state index contributed by atoms with van der Waals surface area (Å²) < 4.78 is 137. The van der Waals surface area contributed by atoms with Gasteiger partial charge in [0, 0.05) is 5.56 Å². The summed E-state index contributed by atoms with van der Waals surface area (Å²) in [7, 11) is 0. The van der Waals surface area contributed by atoms with Crippen LogP contribution in [0.25, 0.3) is 11.1 Å². The Kier molecular flexibility index (Phi) is 6.95. The predicted octanol–water partition coefficient (Wildman–Crippen LogP) is 8.48. The molecule has 1 unspecified atom stereocenters. The Morgan fingerprint density at radius 2 is 1.35 bits per heavy atom. The van der Waals surface area contributed by atoms with Gasteiger partial charge in [-0.05, 0) is 52.9 Å². The molecular formula is C23H15F10N. The number of hydrogen-bond donors (Lipinski definition) is 0. The van der Waals surface area contributed by atoms with Gasteiger partial charge in [0.2, 0.25) is 0 Å². The van der Waals surface area contributed by atoms with Crippen molar-refractivity contribution in [2.24, 2.45) is 0 Å². The van der Waals surface area contributed by atoms with Crippen molar-refractivity contribution in [1.82, 2.24) is 4.98 Å². The van der Waals surface area contributed by atoms with Gasteiger partial charge in [-0.3, -0.25) is 0 Å². The lowest BCUT2D eigenvalue weighted by molar-refractivity contribution is -0.142. The fourth-order valence-corrected chi connectivity index (χ4v) is 3.61. The maximum atomic E-state index is 15.7. The van der Waals surface area contributed by atoms with E-state index in [9.17, 15) is 39.5 Å². The zero-order valence-electron chi connectivity index (χ0n) is 17.2. The van der Waals surface area contributed by atoms with Crippen LogP contribution in [0, 0.1) is 5.82 Å². The van der Waals surface area contributed by atoms with E-state index in [1.807, 2.05) is 0 Å². The molecule has 0 saturated heterocycles. The molecule has 0 N–H and O–H groups in total. The van der Waals surface area contributed by atoms with Crippen LogP contribution in [0.1, 0.15) is 53.2 Å². The highest BCUT2D eigenvalue weighted by molar-refractivity contribution is 5.74. The van der Waals surface area contributed by atoms with Crippen LogP contribution in [-0.4, -0.2) is 4.98 Å². The van der Waals surface area contributed by atoms with Gasteiger partial charge in [-0.25, -0.2) is 22.5 Å². The molecule has 0 aliphatic carbocycles. The van der Waals surface area contributed by atoms with Gasteiger partial charge >= 0.3 is 12.4 Å². The molecule has 0 bridgehead atoms. The monoisotopic (exact) mass is 495 g/mol. The average Bonchev–Trinajstić information content (AvgIpc) is 2.76. The minimum absolute atomic E-state index is 0.183. The highest BCUT2D eigenvalue weighted by atomic mass is 19.4. The third kappa shape index (κ3) is 5.02. The number of aromatic nitrogens is 1. The first-order valence-electron chi connectivity index (χ1n) is 9.74. The molecule has 2 aromatic carbocycles. The van der Waals surface area contributed by atoms with Crippen LogP contribution in [0.5, 0.6) is 0 Å². The molecule has 1 nitrogen and oxygen atoms in total. The number of rotatable bonds is 5. The summed E-state index contributed by atoms with van der Waals surface area (Å²) in [5.74, 6) is -0.776. The third-order valence-corrected chi connectivity index (χ3v) is 5.11. The highest BCUT2D eigenvalue weighted by Gasteiger charge is 2.42. The molecule has 0 spiro atoms. The van der Waals surface area contributed by atoms with Crippen molar-refractivity contribution in [1.29, 1.82) is 0 Å². The van der Waals surface area contributed by atoms with Crippen molar-refractivity contribution in [2.75, 3.05) is 0 Å². The summed E-state index contributed by atoms with van der Waals surface area (Å²) in [5.41, 5.74) is -7.15. The van der Waals surface area contributed by atoms with E-state index < -0.39 is 64.4 Å². The van der Waals surface area contributed by atoms with Gasteiger partial charge in [-0.1, -0.05) is 31.2 Å². The van der Waals surface area contributed by atoms with Crippen LogP contribution in [0.3, 0.4) is 0 Å². The third-order valence-electron chi connectivity index (χ3n) is 5.11. The summed E-state index contributed by atoms with van der Waals surface area (Å²) in [6.07, 6.45) is -16.5. The van der Waals surface area contributed by atoms with Gasteiger partial charge in [0.15, 0.2) is 11.9 Å². The summed E-state index contributed by atoms with van der Waals surface area (Å²) in [4.78, 5) is 3.05. The van der Waals surface area contributed by atoms with E-state index in [-0.39, 0.29) is 17.5 Å². The van der Waals surface area contributed by atoms with E-state index >= 15 is 4.39 Å². The van der Waals surface area contributed by atoms with Crippen LogP contribution in [0.2, 0.25) is 0 Å². The number of hydrogen-bond acceptors (Lipinski definition) is 1. The molecule has 1 aromatic heterocycles. The predicted molar refractivity (Wildman–Crippen MR) is 103 cm³/mol. The van der Waals surface area contributed by atoms with Gasteiger partial charge in [0.25, 0.3) is 6.43 Å². The fourth-order valence-electron chi connectivity index (χ4n) is 3.61. The molecule has 182 valence electrons. The normalized spacial score (nSPS) is 13.4. The lowest BCUT2D eigenvalue weighted by Gasteiger charge is -2.24. The quantitative estimate of drug-likeness (QED) is 0.324. The van der Waals surface area contributed by atoms with Gasteiger partial charge in [0.1, 0.15) is 11.5 Å². The maximum Gasteiger partial charge on any atom is 0.433 e. The number of pyridine rings is 1. The second-order valence-corrected chi connectivity index (χ2v) is 7.25. The van der Waals surface area contributed by atoms with E-state index in [4.69, 9.17) is 0 Å². The SMILES string of the molecule is CCc1c(C(F)F)nc(C(F)(F)F)c(C(F)c2ccc(C(F)(F)F)cc2)c1-c1ccc(F)cc1. The van der Waals surface area contributed by atoms with E-state index in [1.54, 1.807) is 0 Å². The second kappa shape index (κ2) is 9.27. The van der Waals surface area contributed by atoms with Crippen molar-refractivity contribution < 1.29 is 43.9 Å². The molecule has 0 radical (unpaired) electrons. The van der Waals surface area contributed by atoms with Crippen LogP contribution >= 0.6 is 0 Å². The van der Waals surface area contributed by atoms with Crippen LogP contribution in [0.15, 0.2) is 48.5 Å². The van der Waals surface area contributed by atoms with Crippen LogP contribution in [0.4, 0.5) is 43.9 Å². The molecule has 0 aliphatic heterocycles. The first kappa shape index (κ1) is 25.5. The van der Waals surface area contributed by atoms with Gasteiger partial charge in [0.05, 0.1) is 5.56 Å². The molecule has 11 heteroatoms. The van der Waals surface area contributed by atoms with E-state index in [1.165, 1.54) is 6.92 Å². The largest absolute Gasteiger partial charge is 0.433 e. The molecular weight excluding hydrogens is 480 g/mol. The minimum Gasteiger partial charge on any atom is -0.242 e. The van der Waals surface area contributed by atoms with Gasteiger partial charge < -0.3 is 0 Å². The molecule has 34 heavy (non-hydrogen) atoms. The number of halogens is 10. The van der Waals surface area contributed by atoms with E-state index in [0.29, 0.717) is 24.3 Å². The summed E-state index contributed by atoms with van der Waals surface area (Å²) in [6.45, 7) is 1.35. The Morgan fingerprint density at radius 3 is 1.79 bits per heavy atom. The summed E-state index contributed by atoms with van der Waals surface area (Å²) in [6, 6.07) is 6.04. The number of benzene rings is 2. The first-order chi connectivity index (χ1) is 15.8. The van der Waals surface area contributed by atoms with Crippen molar-refractivity contribution in [3.05, 3.63) is 88.0 Å². The Morgan fingerprint density at radius 1 is 0.794 bits per heavy atom. The highest BCUT2D eigenvalue weighted by Crippen LogP contribution is 2.46. The molecule has 0 fully saturated rings. The zero-order valence-corrected chi connectivity index (χ0v) is 17.2. The first-order valence-corrected chi connectivity index (χ1v) is 9.74. The van der Waals surface area contributed by atoms with Gasteiger partial charge in [-0.15, -0.1) is 0 Å². The van der Waals surface area contributed by atoms with E-state index in [0.717, 1.165) is 24.3 Å². The Balaban J connectivity index is 2.38. The van der Waals surface area contributed by atoms with Gasteiger partial charge in [-0.2, -0.15) is 26.3 Å². The molecule has 0 aliphatic rings. The van der Waals surface area contributed by atoms with Crippen molar-refractivity contribution in [2.45, 2.75) is 38.3 Å². The molecule has 3 aromatic rings. The van der Waals surface area contributed by atoms with Crippen LogP contribution in [-0.2, 0) is 18.8 Å². The number of nitrogens with zero attached hydrogens (tertiary/aromatic N) is 1. The lowest BCUT2D eigenvalue weighted by atomic mass is 9.86. The molecule has 3 rings (SSSR count). The Hall–Kier alpha value is -3.11. The van der Waals surface area contributed by atoms with E-state index in [2.05, 4.69) is 4.98 Å². The summed E-state index contributed by atoms with van der Waals surface area (Å²) in [5, 5.41) is 0. The fraction of sp³-hybridized carbons (Fsp3) is 0.261. The molecule has 1 atom stereocenters. The Bertz CT molecular complexity index is 1150. The second-order valence-electron chi connectivity index (χ2n) is 7.25. The summed E-state index contributed by atoms with van der Waals surface area (Å²) >= 11 is 0. The van der Waals surface area contributed by atoms with Crippen molar-refractivity contribution in [3.8, 4) is 11.1 Å². The Labute approximate surface area is 187 Å². The molecule has 0 saturated carbocycles. The van der Waals surface area contributed by atoms with Crippen molar-refractivity contribution in [3.63, 3.8) is 0 Å². The zero-order chi connectivity index (χ0) is 25.4. The minimum atomic E-state index is -5.38. The molecule has 0 amide bonds. The number of alkyl halides is 9. The lowest BCUT2D eigenvalue weighted by Crippen LogP contribution is -2.19. The smallest absolute Gasteiger partial charge is 0.242 e. The van der Waals surface area contributed by atoms with Crippen molar-refractivity contribution >= 4 is 0 Å². The average molecular weight is 495 g/mol. The molecule has 1 heterocycles. The standard InChI is InChI=1S/C23H15F10N/c1-2-15-16(11-5-9-14(24)10-6-11)17(20(23(31,32)33)34-19(15)21(26)27)18(25)12-3-7-13(8-4-12)22(28,29)30/h3-10,18,21H,2H2,1H3. The maximum absolute atomic E-state index is 15.7.